The van der Waals surface area contributed by atoms with E-state index in [-0.39, 0.29) is 11.1 Å². The maximum Gasteiger partial charge on any atom is 0.206 e. The van der Waals surface area contributed by atoms with Gasteiger partial charge in [0.05, 0.1) is 16.5 Å². The molecule has 21 heavy (non-hydrogen) atoms. The van der Waals surface area contributed by atoms with Crippen LogP contribution in [-0.4, -0.2) is 20.1 Å². The molecule has 1 aromatic heterocycles. The first-order chi connectivity index (χ1) is 10.1. The van der Waals surface area contributed by atoms with Gasteiger partial charge in [0.1, 0.15) is 0 Å². The first-order valence-corrected chi connectivity index (χ1v) is 7.89. The minimum absolute atomic E-state index is 0.00319. The Morgan fingerprint density at radius 1 is 1.29 bits per heavy atom. The van der Waals surface area contributed by atoms with Crippen LogP contribution in [0, 0.1) is 5.41 Å². The number of hydrogen-bond acceptors (Lipinski definition) is 4. The molecular formula is C15H18N4OS. The van der Waals surface area contributed by atoms with Crippen LogP contribution in [-0.2, 0) is 10.8 Å². The van der Waals surface area contributed by atoms with E-state index in [1.54, 1.807) is 18.3 Å². The Morgan fingerprint density at radius 3 is 2.57 bits per heavy atom. The average Bonchev–Trinajstić information content (AvgIpc) is 2.55. The molecule has 0 bridgehead atoms. The Labute approximate surface area is 126 Å². The molecule has 2 aromatic rings. The molecule has 3 N–H and O–H groups in total. The molecule has 2 atom stereocenters. The van der Waals surface area contributed by atoms with E-state index in [4.69, 9.17) is 11.3 Å². The van der Waals surface area contributed by atoms with Crippen molar-refractivity contribution in [3.05, 3.63) is 60.4 Å². The van der Waals surface area contributed by atoms with Crippen molar-refractivity contribution in [1.82, 2.24) is 4.98 Å². The molecule has 0 spiro atoms. The summed E-state index contributed by atoms with van der Waals surface area (Å²) in [6.07, 6.45) is 1.71. The summed E-state index contributed by atoms with van der Waals surface area (Å²) in [6.45, 7) is 1.94. The SMILES string of the molecule is CC(CS(=O)C(=N)N(N)c1ccccc1)c1ccccn1. The van der Waals surface area contributed by atoms with Crippen molar-refractivity contribution >= 4 is 21.7 Å². The Kier molecular flexibility index (Phi) is 5.19. The smallest absolute Gasteiger partial charge is 0.206 e. The van der Waals surface area contributed by atoms with Gasteiger partial charge in [-0.15, -0.1) is 0 Å². The zero-order chi connectivity index (χ0) is 15.2. The monoisotopic (exact) mass is 302 g/mol. The van der Waals surface area contributed by atoms with Crippen LogP contribution in [0.25, 0.3) is 0 Å². The number of nitrogens with zero attached hydrogens (tertiary/aromatic N) is 2. The van der Waals surface area contributed by atoms with E-state index in [0.717, 1.165) is 10.7 Å². The molecule has 6 heteroatoms. The Hall–Kier alpha value is -2.05. The summed E-state index contributed by atoms with van der Waals surface area (Å²) in [5, 5.41) is 9.02. The highest BCUT2D eigenvalue weighted by Crippen LogP contribution is 2.16. The number of para-hydroxylation sites is 1. The second kappa shape index (κ2) is 7.10. The molecule has 0 fully saturated rings. The lowest BCUT2D eigenvalue weighted by atomic mass is 10.1. The van der Waals surface area contributed by atoms with E-state index in [2.05, 4.69) is 4.98 Å². The van der Waals surface area contributed by atoms with Crippen molar-refractivity contribution in [2.24, 2.45) is 5.84 Å². The first-order valence-electron chi connectivity index (χ1n) is 6.57. The number of hydrogen-bond donors (Lipinski definition) is 2. The lowest BCUT2D eigenvalue weighted by molar-refractivity contribution is 0.682. The molecule has 0 amide bonds. The van der Waals surface area contributed by atoms with E-state index < -0.39 is 10.8 Å². The highest BCUT2D eigenvalue weighted by atomic mass is 32.2. The molecule has 0 saturated heterocycles. The fourth-order valence-electron chi connectivity index (χ4n) is 1.87. The number of anilines is 1. The van der Waals surface area contributed by atoms with Gasteiger partial charge >= 0.3 is 0 Å². The van der Waals surface area contributed by atoms with E-state index in [1.807, 2.05) is 43.3 Å². The summed E-state index contributed by atoms with van der Waals surface area (Å²) in [6, 6.07) is 14.7. The van der Waals surface area contributed by atoms with Crippen LogP contribution in [0.1, 0.15) is 18.5 Å². The van der Waals surface area contributed by atoms with Gasteiger partial charge in [0.15, 0.2) is 0 Å². The van der Waals surface area contributed by atoms with Crippen LogP contribution in [0.15, 0.2) is 54.7 Å². The summed E-state index contributed by atoms with van der Waals surface area (Å²) in [5.74, 6) is 6.17. The largest absolute Gasteiger partial charge is 0.275 e. The quantitative estimate of drug-likeness (QED) is 0.393. The summed E-state index contributed by atoms with van der Waals surface area (Å²) in [7, 11) is -1.48. The lowest BCUT2D eigenvalue weighted by Crippen LogP contribution is -2.40. The van der Waals surface area contributed by atoms with Gasteiger partial charge in [-0.05, 0) is 24.3 Å². The van der Waals surface area contributed by atoms with Crippen LogP contribution in [0.3, 0.4) is 0 Å². The normalized spacial score (nSPS) is 13.4. The summed E-state index contributed by atoms with van der Waals surface area (Å²) >= 11 is 0. The second-order valence-corrected chi connectivity index (χ2v) is 6.09. The predicted molar refractivity (Wildman–Crippen MR) is 86.5 cm³/mol. The molecule has 0 saturated carbocycles. The fourth-order valence-corrected chi connectivity index (χ4v) is 2.98. The minimum atomic E-state index is -1.48. The molecule has 2 rings (SSSR count). The van der Waals surface area contributed by atoms with Crippen LogP contribution >= 0.6 is 0 Å². The van der Waals surface area contributed by atoms with Gasteiger partial charge in [-0.2, -0.15) is 0 Å². The molecule has 1 heterocycles. The van der Waals surface area contributed by atoms with Crippen molar-refractivity contribution in [1.29, 1.82) is 5.41 Å². The van der Waals surface area contributed by atoms with E-state index in [0.29, 0.717) is 11.4 Å². The molecular weight excluding hydrogens is 284 g/mol. The van der Waals surface area contributed by atoms with Crippen molar-refractivity contribution in [2.45, 2.75) is 12.8 Å². The summed E-state index contributed by atoms with van der Waals surface area (Å²) < 4.78 is 12.3. The molecule has 0 radical (unpaired) electrons. The third kappa shape index (κ3) is 3.96. The Morgan fingerprint density at radius 2 is 1.95 bits per heavy atom. The average molecular weight is 302 g/mol. The molecule has 5 nitrogen and oxygen atoms in total. The molecule has 0 aliphatic carbocycles. The molecule has 0 aliphatic rings. The number of nitrogens with one attached hydrogen (secondary N) is 1. The van der Waals surface area contributed by atoms with Gasteiger partial charge in [0, 0.05) is 23.6 Å². The van der Waals surface area contributed by atoms with Crippen molar-refractivity contribution in [2.75, 3.05) is 10.8 Å². The van der Waals surface area contributed by atoms with Gasteiger partial charge in [0.25, 0.3) is 0 Å². The van der Waals surface area contributed by atoms with Crippen LogP contribution < -0.4 is 10.9 Å². The number of benzene rings is 1. The van der Waals surface area contributed by atoms with Crippen molar-refractivity contribution < 1.29 is 4.21 Å². The topological polar surface area (TPSA) is 83.1 Å². The van der Waals surface area contributed by atoms with Crippen molar-refractivity contribution in [3.8, 4) is 0 Å². The minimum Gasteiger partial charge on any atom is -0.275 e. The van der Waals surface area contributed by atoms with Gasteiger partial charge in [-0.3, -0.25) is 19.6 Å². The van der Waals surface area contributed by atoms with E-state index >= 15 is 0 Å². The summed E-state index contributed by atoms with van der Waals surface area (Å²) in [4.78, 5) is 4.24. The highest BCUT2D eigenvalue weighted by Gasteiger charge is 2.19. The summed E-state index contributed by atoms with van der Waals surface area (Å²) in [5.41, 5.74) is 1.50. The molecule has 0 aliphatic heterocycles. The highest BCUT2D eigenvalue weighted by molar-refractivity contribution is 8.00. The maximum atomic E-state index is 12.3. The number of hydrazine groups is 1. The van der Waals surface area contributed by atoms with Crippen LogP contribution in [0.5, 0.6) is 0 Å². The first kappa shape index (κ1) is 15.3. The maximum absolute atomic E-state index is 12.3. The number of amidine groups is 1. The number of rotatable bonds is 4. The third-order valence-corrected chi connectivity index (χ3v) is 4.49. The lowest BCUT2D eigenvalue weighted by Gasteiger charge is -2.19. The van der Waals surface area contributed by atoms with Crippen LogP contribution in [0.4, 0.5) is 5.69 Å². The Balaban J connectivity index is 2.02. The van der Waals surface area contributed by atoms with E-state index in [9.17, 15) is 4.21 Å². The standard InChI is InChI=1S/C15H18N4OS/c1-12(14-9-5-6-10-18-14)11-21(20)15(16)19(17)13-7-3-2-4-8-13/h2-10,12,16H,11,17H2,1H3. The number of nitrogens with two attached hydrogens (primary N) is 1. The second-order valence-electron chi connectivity index (χ2n) is 4.68. The third-order valence-electron chi connectivity index (χ3n) is 3.06. The number of pyridine rings is 1. The van der Waals surface area contributed by atoms with E-state index in [1.165, 1.54) is 0 Å². The zero-order valence-corrected chi connectivity index (χ0v) is 12.6. The number of aromatic nitrogens is 1. The van der Waals surface area contributed by atoms with Gasteiger partial charge < -0.3 is 0 Å². The molecule has 110 valence electrons. The van der Waals surface area contributed by atoms with Crippen molar-refractivity contribution in [3.63, 3.8) is 0 Å². The van der Waals surface area contributed by atoms with Gasteiger partial charge in [0.2, 0.25) is 5.17 Å². The van der Waals surface area contributed by atoms with Gasteiger partial charge in [-0.25, -0.2) is 5.84 Å². The predicted octanol–water partition coefficient (Wildman–Crippen LogP) is 2.25. The molecule has 1 aromatic carbocycles. The van der Waals surface area contributed by atoms with Gasteiger partial charge in [-0.1, -0.05) is 31.2 Å². The fraction of sp³-hybridized carbons (Fsp3) is 0.200. The zero-order valence-electron chi connectivity index (χ0n) is 11.8. The Bertz CT molecular complexity index is 618. The molecule has 2 unspecified atom stereocenters. The van der Waals surface area contributed by atoms with Crippen LogP contribution in [0.2, 0.25) is 0 Å².